The van der Waals surface area contributed by atoms with Gasteiger partial charge in [-0.15, -0.1) is 0 Å². The Morgan fingerprint density at radius 3 is 3.00 bits per heavy atom. The number of imidazole rings is 1. The Hall–Kier alpha value is -1.54. The normalized spacial score (nSPS) is 12.2. The molecule has 0 saturated heterocycles. The van der Waals surface area contributed by atoms with E-state index in [1.165, 1.54) is 11.9 Å². The first-order chi connectivity index (χ1) is 9.69. The van der Waals surface area contributed by atoms with Crippen molar-refractivity contribution in [2.24, 2.45) is 0 Å². The maximum absolute atomic E-state index is 11.9. The molecule has 0 spiro atoms. The Labute approximate surface area is 123 Å². The van der Waals surface area contributed by atoms with E-state index in [2.05, 4.69) is 20.0 Å². The number of hydrogen-bond donors (Lipinski definition) is 3. The number of rotatable bonds is 6. The van der Waals surface area contributed by atoms with Gasteiger partial charge in [0.15, 0.2) is 0 Å². The first-order valence-electron chi connectivity index (χ1n) is 6.04. The minimum Gasteiger partial charge on any atom is -0.341 e. The van der Waals surface area contributed by atoms with E-state index in [0.717, 1.165) is 11.0 Å². The molecule has 2 aromatic rings. The molecule has 108 valence electrons. The standard InChI is InChI=1S/C12H16N4O2S2/c1-19-16-12(17)13-6-7-20(18)8-11-14-9-4-2-3-5-10(9)15-11/h2-5H,6-8H2,1H3,(H,14,15)(H2,13,16,17). The van der Waals surface area contributed by atoms with Gasteiger partial charge in [0.2, 0.25) is 0 Å². The van der Waals surface area contributed by atoms with Gasteiger partial charge in [0.1, 0.15) is 5.82 Å². The molecule has 1 aromatic carbocycles. The summed E-state index contributed by atoms with van der Waals surface area (Å²) >= 11 is 1.22. The van der Waals surface area contributed by atoms with E-state index in [1.807, 2.05) is 24.3 Å². The van der Waals surface area contributed by atoms with Gasteiger partial charge in [0.25, 0.3) is 0 Å². The van der Waals surface area contributed by atoms with Crippen molar-refractivity contribution >= 4 is 39.8 Å². The third kappa shape index (κ3) is 4.24. The minimum absolute atomic E-state index is 0.266. The number of carbonyl (C=O) groups is 1. The fourth-order valence-corrected chi connectivity index (χ4v) is 2.88. The van der Waals surface area contributed by atoms with E-state index >= 15 is 0 Å². The summed E-state index contributed by atoms with van der Waals surface area (Å²) in [5, 5.41) is 2.63. The second-order valence-electron chi connectivity index (χ2n) is 4.05. The molecule has 0 bridgehead atoms. The number of benzene rings is 1. The quantitative estimate of drug-likeness (QED) is 0.704. The molecule has 0 aliphatic carbocycles. The lowest BCUT2D eigenvalue weighted by Gasteiger charge is -2.04. The molecule has 3 N–H and O–H groups in total. The SMILES string of the molecule is CSNC(=O)NCCS(=O)Cc1nc2ccccc2[nH]1. The van der Waals surface area contributed by atoms with Crippen LogP contribution in [0.5, 0.6) is 0 Å². The van der Waals surface area contributed by atoms with E-state index in [-0.39, 0.29) is 6.03 Å². The number of H-pyrrole nitrogens is 1. The van der Waals surface area contributed by atoms with E-state index < -0.39 is 10.8 Å². The molecule has 0 aliphatic rings. The van der Waals surface area contributed by atoms with Gasteiger partial charge in [-0.1, -0.05) is 24.1 Å². The van der Waals surface area contributed by atoms with Crippen LogP contribution in [0.4, 0.5) is 4.79 Å². The molecule has 1 unspecified atom stereocenters. The van der Waals surface area contributed by atoms with Crippen LogP contribution in [0.3, 0.4) is 0 Å². The molecule has 0 radical (unpaired) electrons. The van der Waals surface area contributed by atoms with Crippen molar-refractivity contribution < 1.29 is 9.00 Å². The highest BCUT2D eigenvalue weighted by Gasteiger charge is 2.07. The number of hydrogen-bond acceptors (Lipinski definition) is 4. The first kappa shape index (κ1) is 14.9. The molecule has 1 atom stereocenters. The predicted octanol–water partition coefficient (Wildman–Crippen LogP) is 1.39. The summed E-state index contributed by atoms with van der Waals surface area (Å²) in [6.07, 6.45) is 1.76. The minimum atomic E-state index is -1.06. The van der Waals surface area contributed by atoms with E-state index in [0.29, 0.717) is 23.9 Å². The number of para-hydroxylation sites is 2. The van der Waals surface area contributed by atoms with Crippen LogP contribution >= 0.6 is 11.9 Å². The van der Waals surface area contributed by atoms with Crippen LogP contribution < -0.4 is 10.0 Å². The molecule has 1 heterocycles. The number of fused-ring (bicyclic) bond motifs is 1. The van der Waals surface area contributed by atoms with Crippen molar-refractivity contribution in [3.8, 4) is 0 Å². The van der Waals surface area contributed by atoms with Crippen LogP contribution in [0, 0.1) is 0 Å². The molecule has 2 rings (SSSR count). The monoisotopic (exact) mass is 312 g/mol. The van der Waals surface area contributed by atoms with Crippen LogP contribution in [0.2, 0.25) is 0 Å². The second-order valence-corrected chi connectivity index (χ2v) is 6.24. The number of nitrogens with one attached hydrogen (secondary N) is 3. The summed E-state index contributed by atoms with van der Waals surface area (Å²) in [4.78, 5) is 18.7. The van der Waals surface area contributed by atoms with Gasteiger partial charge in [-0.2, -0.15) is 0 Å². The summed E-state index contributed by atoms with van der Waals surface area (Å²) in [6.45, 7) is 0.374. The zero-order valence-electron chi connectivity index (χ0n) is 11.0. The number of aromatic nitrogens is 2. The molecular weight excluding hydrogens is 296 g/mol. The number of amides is 2. The lowest BCUT2D eigenvalue weighted by molar-refractivity contribution is 0.247. The van der Waals surface area contributed by atoms with Gasteiger partial charge in [0, 0.05) is 29.4 Å². The van der Waals surface area contributed by atoms with E-state index in [4.69, 9.17) is 0 Å². The Bertz CT molecular complexity index is 581. The molecule has 8 heteroatoms. The average Bonchev–Trinajstić information content (AvgIpc) is 2.80. The van der Waals surface area contributed by atoms with E-state index in [1.54, 1.807) is 6.26 Å². The van der Waals surface area contributed by atoms with Crippen molar-refractivity contribution in [2.45, 2.75) is 5.75 Å². The molecule has 6 nitrogen and oxygen atoms in total. The third-order valence-electron chi connectivity index (χ3n) is 2.55. The van der Waals surface area contributed by atoms with Crippen LogP contribution in [-0.4, -0.2) is 38.8 Å². The molecule has 20 heavy (non-hydrogen) atoms. The summed E-state index contributed by atoms with van der Waals surface area (Å²) in [6, 6.07) is 7.42. The van der Waals surface area contributed by atoms with Crippen molar-refractivity contribution in [3.05, 3.63) is 30.1 Å². The van der Waals surface area contributed by atoms with Gasteiger partial charge < -0.3 is 10.3 Å². The van der Waals surface area contributed by atoms with Crippen LogP contribution in [-0.2, 0) is 16.6 Å². The topological polar surface area (TPSA) is 86.9 Å². The van der Waals surface area contributed by atoms with Crippen LogP contribution in [0.25, 0.3) is 11.0 Å². The summed E-state index contributed by atoms with van der Waals surface area (Å²) < 4.78 is 14.4. The lowest BCUT2D eigenvalue weighted by Crippen LogP contribution is -2.34. The Balaban J connectivity index is 1.81. The molecular formula is C12H16N4O2S2. The maximum atomic E-state index is 11.9. The largest absolute Gasteiger partial charge is 0.341 e. The highest BCUT2D eigenvalue weighted by Crippen LogP contribution is 2.11. The lowest BCUT2D eigenvalue weighted by atomic mass is 10.3. The fourth-order valence-electron chi connectivity index (χ4n) is 1.71. The molecule has 2 amide bonds. The zero-order chi connectivity index (χ0) is 14.4. The van der Waals surface area contributed by atoms with Gasteiger partial charge >= 0.3 is 6.03 Å². The maximum Gasteiger partial charge on any atom is 0.324 e. The van der Waals surface area contributed by atoms with Gasteiger partial charge in [-0.05, 0) is 12.1 Å². The predicted molar refractivity (Wildman–Crippen MR) is 82.9 cm³/mol. The number of carbonyl (C=O) groups excluding carboxylic acids is 1. The van der Waals surface area contributed by atoms with E-state index in [9.17, 15) is 9.00 Å². The molecule has 0 aliphatic heterocycles. The number of urea groups is 1. The summed E-state index contributed by atoms with van der Waals surface area (Å²) in [7, 11) is -1.06. The van der Waals surface area contributed by atoms with Crippen molar-refractivity contribution in [1.29, 1.82) is 0 Å². The van der Waals surface area contributed by atoms with Gasteiger partial charge in [0.05, 0.1) is 16.8 Å². The Kier molecular flexibility index (Phi) is 5.42. The summed E-state index contributed by atoms with van der Waals surface area (Å²) in [5.41, 5.74) is 1.81. The molecule has 1 aromatic heterocycles. The Morgan fingerprint density at radius 2 is 2.25 bits per heavy atom. The smallest absolute Gasteiger partial charge is 0.324 e. The van der Waals surface area contributed by atoms with Gasteiger partial charge in [-0.3, -0.25) is 8.93 Å². The third-order valence-corrected chi connectivity index (χ3v) is 4.19. The van der Waals surface area contributed by atoms with Crippen molar-refractivity contribution in [1.82, 2.24) is 20.0 Å². The van der Waals surface area contributed by atoms with Crippen LogP contribution in [0.15, 0.2) is 24.3 Å². The fraction of sp³-hybridized carbons (Fsp3) is 0.333. The van der Waals surface area contributed by atoms with Crippen molar-refractivity contribution in [3.63, 3.8) is 0 Å². The highest BCUT2D eigenvalue weighted by atomic mass is 32.2. The summed E-state index contributed by atoms with van der Waals surface area (Å²) in [5.74, 6) is 1.47. The zero-order valence-corrected chi connectivity index (χ0v) is 12.6. The molecule has 0 fully saturated rings. The Morgan fingerprint density at radius 1 is 1.45 bits per heavy atom. The van der Waals surface area contributed by atoms with Crippen LogP contribution in [0.1, 0.15) is 5.82 Å². The number of nitrogens with zero attached hydrogens (tertiary/aromatic N) is 1. The highest BCUT2D eigenvalue weighted by molar-refractivity contribution is 7.97. The van der Waals surface area contributed by atoms with Crippen molar-refractivity contribution in [2.75, 3.05) is 18.6 Å². The molecule has 0 saturated carbocycles. The average molecular weight is 312 g/mol. The second kappa shape index (κ2) is 7.30. The number of aromatic amines is 1. The first-order valence-corrected chi connectivity index (χ1v) is 8.75. The van der Waals surface area contributed by atoms with Gasteiger partial charge in [-0.25, -0.2) is 9.78 Å².